The van der Waals surface area contributed by atoms with Gasteiger partial charge in [0.1, 0.15) is 6.04 Å². The molecule has 2 amide bonds. The predicted molar refractivity (Wildman–Crippen MR) is 79.6 cm³/mol. The van der Waals surface area contributed by atoms with Gasteiger partial charge in [-0.1, -0.05) is 19.3 Å². The Hall–Kier alpha value is -1.14. The van der Waals surface area contributed by atoms with Crippen LogP contribution in [0.5, 0.6) is 0 Å². The molecule has 0 spiro atoms. The lowest BCUT2D eigenvalue weighted by molar-refractivity contribution is -0.139. The second-order valence-corrected chi connectivity index (χ2v) is 6.33. The Morgan fingerprint density at radius 1 is 1.24 bits per heavy atom. The van der Waals surface area contributed by atoms with Gasteiger partial charge in [-0.3, -0.25) is 9.59 Å². The summed E-state index contributed by atoms with van der Waals surface area (Å²) in [5.41, 5.74) is 5.90. The van der Waals surface area contributed by atoms with Gasteiger partial charge in [0.15, 0.2) is 0 Å². The first-order chi connectivity index (χ1) is 10.0. The SMILES string of the molecule is CC(NC(=O)CC1(N)CCCCC1)C(=O)N1CCOCC1. The highest BCUT2D eigenvalue weighted by atomic mass is 16.5. The van der Waals surface area contributed by atoms with Gasteiger partial charge in [-0.25, -0.2) is 0 Å². The molecule has 6 heteroatoms. The van der Waals surface area contributed by atoms with E-state index in [2.05, 4.69) is 5.32 Å². The normalized spacial score (nSPS) is 23.4. The van der Waals surface area contributed by atoms with Crippen LogP contribution in [0.1, 0.15) is 45.4 Å². The molecule has 1 unspecified atom stereocenters. The van der Waals surface area contributed by atoms with E-state index in [4.69, 9.17) is 10.5 Å². The topological polar surface area (TPSA) is 84.7 Å². The molecular weight excluding hydrogens is 270 g/mol. The molecule has 1 saturated carbocycles. The minimum absolute atomic E-state index is 0.0404. The molecule has 2 aliphatic rings. The molecule has 120 valence electrons. The van der Waals surface area contributed by atoms with Crippen LogP contribution in [0.4, 0.5) is 0 Å². The van der Waals surface area contributed by atoms with Crippen molar-refractivity contribution in [2.45, 2.75) is 57.0 Å². The quantitative estimate of drug-likeness (QED) is 0.787. The summed E-state index contributed by atoms with van der Waals surface area (Å²) in [4.78, 5) is 26.1. The van der Waals surface area contributed by atoms with Crippen LogP contribution in [0.2, 0.25) is 0 Å². The molecule has 1 atom stereocenters. The van der Waals surface area contributed by atoms with Gasteiger partial charge in [-0.05, 0) is 19.8 Å². The fraction of sp³-hybridized carbons (Fsp3) is 0.867. The van der Waals surface area contributed by atoms with Crippen molar-refractivity contribution in [2.75, 3.05) is 26.3 Å². The van der Waals surface area contributed by atoms with E-state index < -0.39 is 6.04 Å². The van der Waals surface area contributed by atoms with E-state index in [0.29, 0.717) is 32.7 Å². The van der Waals surface area contributed by atoms with E-state index >= 15 is 0 Å². The van der Waals surface area contributed by atoms with E-state index in [-0.39, 0.29) is 17.4 Å². The molecule has 1 heterocycles. The lowest BCUT2D eigenvalue weighted by Crippen LogP contribution is -2.52. The average molecular weight is 297 g/mol. The molecular formula is C15H27N3O3. The van der Waals surface area contributed by atoms with Gasteiger partial charge >= 0.3 is 0 Å². The molecule has 1 aliphatic heterocycles. The van der Waals surface area contributed by atoms with Crippen molar-refractivity contribution in [3.05, 3.63) is 0 Å². The van der Waals surface area contributed by atoms with Crippen molar-refractivity contribution in [3.63, 3.8) is 0 Å². The van der Waals surface area contributed by atoms with Crippen molar-refractivity contribution < 1.29 is 14.3 Å². The van der Waals surface area contributed by atoms with Crippen molar-refractivity contribution in [1.82, 2.24) is 10.2 Å². The van der Waals surface area contributed by atoms with Crippen molar-refractivity contribution in [1.29, 1.82) is 0 Å². The maximum atomic E-state index is 12.2. The average Bonchev–Trinajstić information content (AvgIpc) is 2.47. The van der Waals surface area contributed by atoms with Gasteiger partial charge in [0, 0.05) is 25.0 Å². The van der Waals surface area contributed by atoms with Crippen molar-refractivity contribution in [3.8, 4) is 0 Å². The summed E-state index contributed by atoms with van der Waals surface area (Å²) in [6.45, 7) is 4.07. The first-order valence-corrected chi connectivity index (χ1v) is 7.95. The maximum Gasteiger partial charge on any atom is 0.245 e. The van der Waals surface area contributed by atoms with Crippen molar-refractivity contribution >= 4 is 11.8 Å². The molecule has 2 fully saturated rings. The Kier molecular flexibility index (Phi) is 5.58. The van der Waals surface area contributed by atoms with Gasteiger partial charge in [-0.15, -0.1) is 0 Å². The van der Waals surface area contributed by atoms with Crippen LogP contribution in [-0.2, 0) is 14.3 Å². The number of hydrogen-bond donors (Lipinski definition) is 2. The Morgan fingerprint density at radius 3 is 2.48 bits per heavy atom. The fourth-order valence-electron chi connectivity index (χ4n) is 3.16. The number of hydrogen-bond acceptors (Lipinski definition) is 4. The summed E-state index contributed by atoms with van der Waals surface area (Å²) in [7, 11) is 0. The summed E-state index contributed by atoms with van der Waals surface area (Å²) in [5, 5.41) is 2.80. The molecule has 21 heavy (non-hydrogen) atoms. The molecule has 0 bridgehead atoms. The number of rotatable bonds is 4. The Morgan fingerprint density at radius 2 is 1.86 bits per heavy atom. The van der Waals surface area contributed by atoms with Crippen LogP contribution in [0.3, 0.4) is 0 Å². The van der Waals surface area contributed by atoms with Crippen molar-refractivity contribution in [2.24, 2.45) is 5.73 Å². The minimum Gasteiger partial charge on any atom is -0.378 e. The molecule has 0 radical (unpaired) electrons. The zero-order chi connectivity index (χ0) is 15.3. The number of nitrogens with zero attached hydrogens (tertiary/aromatic N) is 1. The highest BCUT2D eigenvalue weighted by molar-refractivity contribution is 5.87. The van der Waals surface area contributed by atoms with E-state index in [1.807, 2.05) is 0 Å². The number of morpholine rings is 1. The highest BCUT2D eigenvalue weighted by Crippen LogP contribution is 2.28. The molecule has 0 aromatic heterocycles. The van der Waals surface area contributed by atoms with Crippen LogP contribution in [-0.4, -0.2) is 54.6 Å². The van der Waals surface area contributed by atoms with Crippen LogP contribution in [0.15, 0.2) is 0 Å². The molecule has 3 N–H and O–H groups in total. The van der Waals surface area contributed by atoms with Gasteiger partial charge < -0.3 is 20.7 Å². The third-order valence-electron chi connectivity index (χ3n) is 4.43. The van der Waals surface area contributed by atoms with E-state index in [1.165, 1.54) is 6.42 Å². The predicted octanol–water partition coefficient (Wildman–Crippen LogP) is 0.402. The molecule has 2 rings (SSSR count). The zero-order valence-corrected chi connectivity index (χ0v) is 12.9. The van der Waals surface area contributed by atoms with Gasteiger partial charge in [-0.2, -0.15) is 0 Å². The zero-order valence-electron chi connectivity index (χ0n) is 12.9. The third kappa shape index (κ3) is 4.68. The van der Waals surface area contributed by atoms with Gasteiger partial charge in [0.05, 0.1) is 13.2 Å². The van der Waals surface area contributed by atoms with Crippen LogP contribution in [0, 0.1) is 0 Å². The second-order valence-electron chi connectivity index (χ2n) is 6.33. The Labute approximate surface area is 126 Å². The lowest BCUT2D eigenvalue weighted by Gasteiger charge is -2.33. The fourth-order valence-corrected chi connectivity index (χ4v) is 3.16. The van der Waals surface area contributed by atoms with E-state index in [1.54, 1.807) is 11.8 Å². The number of ether oxygens (including phenoxy) is 1. The summed E-state index contributed by atoms with van der Waals surface area (Å²) in [5.74, 6) is -0.158. The number of amides is 2. The first kappa shape index (κ1) is 16.2. The summed E-state index contributed by atoms with van der Waals surface area (Å²) >= 11 is 0. The number of carbonyl (C=O) groups is 2. The smallest absolute Gasteiger partial charge is 0.245 e. The Bertz CT molecular complexity index is 374. The molecule has 1 saturated heterocycles. The van der Waals surface area contributed by atoms with Crippen LogP contribution < -0.4 is 11.1 Å². The molecule has 0 aromatic rings. The summed E-state index contributed by atoms with van der Waals surface area (Å²) in [6.07, 6.45) is 5.48. The van der Waals surface area contributed by atoms with Crippen LogP contribution >= 0.6 is 0 Å². The second kappa shape index (κ2) is 7.22. The first-order valence-electron chi connectivity index (χ1n) is 7.95. The standard InChI is InChI=1S/C15H27N3O3/c1-12(14(20)18-7-9-21-10-8-18)17-13(19)11-15(16)5-3-2-4-6-15/h12H,2-11,16H2,1H3,(H,17,19). The molecule has 0 aromatic carbocycles. The Balaban J connectivity index is 1.79. The highest BCUT2D eigenvalue weighted by Gasteiger charge is 2.31. The largest absolute Gasteiger partial charge is 0.378 e. The van der Waals surface area contributed by atoms with Crippen LogP contribution in [0.25, 0.3) is 0 Å². The van der Waals surface area contributed by atoms with Gasteiger partial charge in [0.2, 0.25) is 11.8 Å². The van der Waals surface area contributed by atoms with E-state index in [0.717, 1.165) is 25.7 Å². The van der Waals surface area contributed by atoms with Gasteiger partial charge in [0.25, 0.3) is 0 Å². The molecule has 1 aliphatic carbocycles. The monoisotopic (exact) mass is 297 g/mol. The number of nitrogens with two attached hydrogens (primary N) is 1. The summed E-state index contributed by atoms with van der Waals surface area (Å²) in [6, 6.07) is -0.497. The van der Waals surface area contributed by atoms with E-state index in [9.17, 15) is 9.59 Å². The third-order valence-corrected chi connectivity index (χ3v) is 4.43. The lowest BCUT2D eigenvalue weighted by atomic mass is 9.80. The molecule has 6 nitrogen and oxygen atoms in total. The minimum atomic E-state index is -0.497. The maximum absolute atomic E-state index is 12.2. The summed E-state index contributed by atoms with van der Waals surface area (Å²) < 4.78 is 5.23. The number of carbonyl (C=O) groups excluding carboxylic acids is 2. The number of nitrogens with one attached hydrogen (secondary N) is 1.